The van der Waals surface area contributed by atoms with E-state index in [1.165, 1.54) is 0 Å². The van der Waals surface area contributed by atoms with Crippen LogP contribution in [-0.2, 0) is 9.47 Å². The fourth-order valence-corrected chi connectivity index (χ4v) is 2.09. The molecular formula is C9H16O3. The molecule has 3 unspecified atom stereocenters. The van der Waals surface area contributed by atoms with E-state index < -0.39 is 0 Å². The Kier molecular flexibility index (Phi) is 2.63. The molecule has 70 valence electrons. The summed E-state index contributed by atoms with van der Waals surface area (Å²) in [5.41, 5.74) is 0. The quantitative estimate of drug-likeness (QED) is 0.623. The Labute approximate surface area is 72.7 Å². The summed E-state index contributed by atoms with van der Waals surface area (Å²) in [6.07, 6.45) is 1.72. The van der Waals surface area contributed by atoms with Gasteiger partial charge in [0.05, 0.1) is 12.7 Å². The Bertz CT molecular complexity index is 143. The third-order valence-electron chi connectivity index (χ3n) is 2.93. The molecule has 2 rings (SSSR count). The zero-order valence-corrected chi connectivity index (χ0v) is 7.24. The van der Waals surface area contributed by atoms with Crippen LogP contribution in [0.2, 0.25) is 0 Å². The van der Waals surface area contributed by atoms with Gasteiger partial charge in [-0.2, -0.15) is 0 Å². The van der Waals surface area contributed by atoms with Gasteiger partial charge in [0, 0.05) is 25.7 Å². The number of hydrogen-bond acceptors (Lipinski definition) is 3. The van der Waals surface area contributed by atoms with Crippen LogP contribution in [0.4, 0.5) is 0 Å². The molecule has 2 aliphatic rings. The molecule has 3 heteroatoms. The summed E-state index contributed by atoms with van der Waals surface area (Å²) in [4.78, 5) is 0. The first-order valence-electron chi connectivity index (χ1n) is 4.71. The fourth-order valence-electron chi connectivity index (χ4n) is 2.09. The van der Waals surface area contributed by atoms with Gasteiger partial charge in [0.25, 0.3) is 0 Å². The van der Waals surface area contributed by atoms with Crippen LogP contribution in [-0.4, -0.2) is 37.6 Å². The molecule has 0 aliphatic carbocycles. The Morgan fingerprint density at radius 3 is 2.42 bits per heavy atom. The van der Waals surface area contributed by atoms with Gasteiger partial charge in [0.1, 0.15) is 0 Å². The second-order valence-corrected chi connectivity index (χ2v) is 3.72. The lowest BCUT2D eigenvalue weighted by Crippen LogP contribution is -2.37. The first kappa shape index (κ1) is 8.48. The van der Waals surface area contributed by atoms with E-state index in [0.717, 1.165) is 32.7 Å². The lowest BCUT2D eigenvalue weighted by molar-refractivity contribution is -0.0582. The fraction of sp³-hybridized carbons (Fsp3) is 1.00. The molecular weight excluding hydrogens is 156 g/mol. The Balaban J connectivity index is 1.91. The molecule has 0 saturated carbocycles. The second-order valence-electron chi connectivity index (χ2n) is 3.72. The summed E-state index contributed by atoms with van der Waals surface area (Å²) in [7, 11) is 0. The first-order chi connectivity index (χ1) is 5.88. The van der Waals surface area contributed by atoms with Crippen molar-refractivity contribution in [2.24, 2.45) is 11.8 Å². The number of rotatable bonds is 1. The zero-order valence-electron chi connectivity index (χ0n) is 7.24. The molecule has 12 heavy (non-hydrogen) atoms. The molecule has 1 N–H and O–H groups in total. The average Bonchev–Trinajstić information content (AvgIpc) is 2.57. The highest BCUT2D eigenvalue weighted by Crippen LogP contribution is 2.28. The summed E-state index contributed by atoms with van der Waals surface area (Å²) in [5.74, 6) is 0.849. The van der Waals surface area contributed by atoms with Crippen LogP contribution < -0.4 is 0 Å². The predicted octanol–water partition coefficient (Wildman–Crippen LogP) is 0.420. The third-order valence-corrected chi connectivity index (χ3v) is 2.93. The maximum absolute atomic E-state index is 9.69. The minimum absolute atomic E-state index is 0.162. The van der Waals surface area contributed by atoms with Crippen LogP contribution in [0.3, 0.4) is 0 Å². The highest BCUT2D eigenvalue weighted by atomic mass is 16.5. The number of aliphatic hydroxyl groups excluding tert-OH is 1. The van der Waals surface area contributed by atoms with Crippen LogP contribution in [0.1, 0.15) is 12.8 Å². The van der Waals surface area contributed by atoms with E-state index >= 15 is 0 Å². The van der Waals surface area contributed by atoms with Gasteiger partial charge in [0.15, 0.2) is 0 Å². The molecule has 0 aromatic heterocycles. The molecule has 0 spiro atoms. The van der Waals surface area contributed by atoms with E-state index in [9.17, 15) is 5.11 Å². The molecule has 0 aromatic rings. The van der Waals surface area contributed by atoms with Gasteiger partial charge in [-0.3, -0.25) is 0 Å². The molecule has 2 heterocycles. The molecule has 3 atom stereocenters. The Morgan fingerprint density at radius 2 is 1.75 bits per heavy atom. The number of hydrogen-bond donors (Lipinski definition) is 1. The number of ether oxygens (including phenoxy) is 2. The van der Waals surface area contributed by atoms with E-state index in [1.807, 2.05) is 0 Å². The maximum atomic E-state index is 9.69. The lowest BCUT2D eigenvalue weighted by Gasteiger charge is -2.31. The van der Waals surface area contributed by atoms with Gasteiger partial charge < -0.3 is 14.6 Å². The van der Waals surface area contributed by atoms with Crippen molar-refractivity contribution in [2.45, 2.75) is 18.9 Å². The predicted molar refractivity (Wildman–Crippen MR) is 43.9 cm³/mol. The van der Waals surface area contributed by atoms with Crippen LogP contribution >= 0.6 is 0 Å². The van der Waals surface area contributed by atoms with E-state index in [2.05, 4.69) is 0 Å². The van der Waals surface area contributed by atoms with Crippen molar-refractivity contribution in [2.75, 3.05) is 26.4 Å². The molecule has 3 nitrogen and oxygen atoms in total. The summed E-state index contributed by atoms with van der Waals surface area (Å²) in [5, 5.41) is 9.69. The summed E-state index contributed by atoms with van der Waals surface area (Å²) < 4.78 is 10.6. The van der Waals surface area contributed by atoms with Gasteiger partial charge in [-0.05, 0) is 18.8 Å². The summed E-state index contributed by atoms with van der Waals surface area (Å²) in [6, 6.07) is 0. The SMILES string of the molecule is OC1CCOCC1C1CCOC1. The molecule has 0 aromatic carbocycles. The number of aliphatic hydroxyl groups is 1. The van der Waals surface area contributed by atoms with Crippen LogP contribution in [0.15, 0.2) is 0 Å². The van der Waals surface area contributed by atoms with Crippen molar-refractivity contribution in [3.05, 3.63) is 0 Å². The van der Waals surface area contributed by atoms with Crippen molar-refractivity contribution >= 4 is 0 Å². The Hall–Kier alpha value is -0.120. The minimum Gasteiger partial charge on any atom is -0.393 e. The van der Waals surface area contributed by atoms with E-state index in [-0.39, 0.29) is 6.10 Å². The highest BCUT2D eigenvalue weighted by Gasteiger charge is 2.33. The lowest BCUT2D eigenvalue weighted by atomic mass is 9.85. The maximum Gasteiger partial charge on any atom is 0.0615 e. The Morgan fingerprint density at radius 1 is 1.00 bits per heavy atom. The average molecular weight is 172 g/mol. The van der Waals surface area contributed by atoms with Gasteiger partial charge >= 0.3 is 0 Å². The van der Waals surface area contributed by atoms with Crippen LogP contribution in [0.5, 0.6) is 0 Å². The first-order valence-corrected chi connectivity index (χ1v) is 4.71. The summed E-state index contributed by atoms with van der Waals surface area (Å²) >= 11 is 0. The van der Waals surface area contributed by atoms with Gasteiger partial charge in [0.2, 0.25) is 0 Å². The van der Waals surface area contributed by atoms with E-state index in [4.69, 9.17) is 9.47 Å². The van der Waals surface area contributed by atoms with Crippen LogP contribution in [0, 0.1) is 11.8 Å². The van der Waals surface area contributed by atoms with Gasteiger partial charge in [-0.25, -0.2) is 0 Å². The smallest absolute Gasteiger partial charge is 0.0615 e. The van der Waals surface area contributed by atoms with Crippen molar-refractivity contribution in [3.63, 3.8) is 0 Å². The topological polar surface area (TPSA) is 38.7 Å². The summed E-state index contributed by atoms with van der Waals surface area (Å²) in [6.45, 7) is 3.10. The van der Waals surface area contributed by atoms with Crippen molar-refractivity contribution < 1.29 is 14.6 Å². The van der Waals surface area contributed by atoms with Crippen molar-refractivity contribution in [1.29, 1.82) is 0 Å². The standard InChI is InChI=1S/C9H16O3/c10-9-2-4-12-6-8(9)7-1-3-11-5-7/h7-10H,1-6H2. The third kappa shape index (κ3) is 1.63. The van der Waals surface area contributed by atoms with Gasteiger partial charge in [-0.1, -0.05) is 0 Å². The molecule has 2 saturated heterocycles. The van der Waals surface area contributed by atoms with Crippen molar-refractivity contribution in [3.8, 4) is 0 Å². The molecule has 0 radical (unpaired) electrons. The second kappa shape index (κ2) is 3.73. The molecule has 2 aliphatic heterocycles. The van der Waals surface area contributed by atoms with E-state index in [0.29, 0.717) is 18.4 Å². The van der Waals surface area contributed by atoms with Crippen LogP contribution in [0.25, 0.3) is 0 Å². The highest BCUT2D eigenvalue weighted by molar-refractivity contribution is 4.81. The van der Waals surface area contributed by atoms with Crippen molar-refractivity contribution in [1.82, 2.24) is 0 Å². The molecule has 0 bridgehead atoms. The zero-order chi connectivity index (χ0) is 8.39. The van der Waals surface area contributed by atoms with E-state index in [1.54, 1.807) is 0 Å². The molecule has 2 fully saturated rings. The minimum atomic E-state index is -0.162. The largest absolute Gasteiger partial charge is 0.393 e. The molecule has 0 amide bonds. The normalized spacial score (nSPS) is 43.2. The van der Waals surface area contributed by atoms with Gasteiger partial charge in [-0.15, -0.1) is 0 Å². The monoisotopic (exact) mass is 172 g/mol.